The number of carbonyl (C=O) groups excluding carboxylic acids is 1. The highest BCUT2D eigenvalue weighted by Crippen LogP contribution is 2.33. The van der Waals surface area contributed by atoms with E-state index < -0.39 is 35.0 Å². The largest absolute Gasteiger partial charge is 0.478 e. The summed E-state index contributed by atoms with van der Waals surface area (Å²) in [5.74, 6) is -3.05. The molecule has 0 aliphatic carbocycles. The average Bonchev–Trinajstić information content (AvgIpc) is 2.48. The van der Waals surface area contributed by atoms with Crippen LogP contribution < -0.4 is 4.74 Å². The standard InChI is InChI=1S/C16H10ClF3O4/c17-11-4-1-9(2-5-11)7-14(21)24-13-8-10(16(18,19)20)3-6-12(13)15(22)23/h1-6,8H,7H2,(H,22,23). The summed E-state index contributed by atoms with van der Waals surface area (Å²) in [6.45, 7) is 0. The van der Waals surface area contributed by atoms with Crippen molar-refractivity contribution < 1.29 is 32.6 Å². The molecule has 2 aromatic rings. The molecular weight excluding hydrogens is 349 g/mol. The second-order valence-electron chi connectivity index (χ2n) is 4.79. The van der Waals surface area contributed by atoms with E-state index in [2.05, 4.69) is 0 Å². The van der Waals surface area contributed by atoms with Crippen LogP contribution >= 0.6 is 11.6 Å². The van der Waals surface area contributed by atoms with Gasteiger partial charge in [-0.2, -0.15) is 13.2 Å². The van der Waals surface area contributed by atoms with Gasteiger partial charge in [-0.15, -0.1) is 0 Å². The van der Waals surface area contributed by atoms with Gasteiger partial charge in [0, 0.05) is 5.02 Å². The predicted molar refractivity (Wildman–Crippen MR) is 79.2 cm³/mol. The molecule has 0 spiro atoms. The Labute approximate surface area is 139 Å². The zero-order valence-electron chi connectivity index (χ0n) is 11.9. The minimum atomic E-state index is -4.69. The van der Waals surface area contributed by atoms with Gasteiger partial charge in [0.1, 0.15) is 11.3 Å². The smallest absolute Gasteiger partial charge is 0.416 e. The molecule has 126 valence electrons. The Hall–Kier alpha value is -2.54. The van der Waals surface area contributed by atoms with Gasteiger partial charge >= 0.3 is 18.1 Å². The third kappa shape index (κ3) is 4.48. The van der Waals surface area contributed by atoms with Crippen molar-refractivity contribution in [3.05, 3.63) is 64.2 Å². The van der Waals surface area contributed by atoms with Gasteiger partial charge in [-0.1, -0.05) is 23.7 Å². The highest BCUT2D eigenvalue weighted by molar-refractivity contribution is 6.30. The van der Waals surface area contributed by atoms with Crippen LogP contribution in [0.2, 0.25) is 5.02 Å². The Morgan fingerprint density at radius 3 is 2.25 bits per heavy atom. The van der Waals surface area contributed by atoms with Gasteiger partial charge < -0.3 is 9.84 Å². The van der Waals surface area contributed by atoms with Gasteiger partial charge in [-0.25, -0.2) is 4.79 Å². The van der Waals surface area contributed by atoms with Crippen LogP contribution in [0.5, 0.6) is 5.75 Å². The van der Waals surface area contributed by atoms with Crippen LogP contribution in [-0.4, -0.2) is 17.0 Å². The zero-order chi connectivity index (χ0) is 17.9. The summed E-state index contributed by atoms with van der Waals surface area (Å²) >= 11 is 5.71. The SMILES string of the molecule is O=C(Cc1ccc(Cl)cc1)Oc1cc(C(F)(F)F)ccc1C(=O)O. The van der Waals surface area contributed by atoms with Gasteiger partial charge in [-0.3, -0.25) is 4.79 Å². The molecule has 0 amide bonds. The van der Waals surface area contributed by atoms with Crippen LogP contribution in [0.3, 0.4) is 0 Å². The third-order valence-electron chi connectivity index (χ3n) is 3.02. The molecular formula is C16H10ClF3O4. The monoisotopic (exact) mass is 358 g/mol. The summed E-state index contributed by atoms with van der Waals surface area (Å²) in [6.07, 6.45) is -4.93. The number of carbonyl (C=O) groups is 2. The number of alkyl halides is 3. The van der Waals surface area contributed by atoms with E-state index in [1.165, 1.54) is 12.1 Å². The van der Waals surface area contributed by atoms with E-state index in [9.17, 15) is 22.8 Å². The van der Waals surface area contributed by atoms with Crippen molar-refractivity contribution in [3.63, 3.8) is 0 Å². The number of aromatic carboxylic acids is 1. The second kappa shape index (κ2) is 6.92. The number of ether oxygens (including phenoxy) is 1. The first-order chi connectivity index (χ1) is 11.2. The van der Waals surface area contributed by atoms with Crippen LogP contribution in [0, 0.1) is 0 Å². The first-order valence-electron chi connectivity index (χ1n) is 6.56. The number of benzene rings is 2. The number of carboxylic acids is 1. The van der Waals surface area contributed by atoms with E-state index in [4.69, 9.17) is 21.4 Å². The molecule has 24 heavy (non-hydrogen) atoms. The van der Waals surface area contributed by atoms with E-state index in [0.29, 0.717) is 22.7 Å². The van der Waals surface area contributed by atoms with E-state index in [1.807, 2.05) is 0 Å². The van der Waals surface area contributed by atoms with Gasteiger partial charge in [-0.05, 0) is 35.9 Å². The molecule has 0 saturated carbocycles. The van der Waals surface area contributed by atoms with E-state index in [-0.39, 0.29) is 6.42 Å². The molecule has 0 heterocycles. The van der Waals surface area contributed by atoms with Crippen LogP contribution in [0.4, 0.5) is 13.2 Å². The summed E-state index contributed by atoms with van der Waals surface area (Å²) < 4.78 is 43.0. The van der Waals surface area contributed by atoms with Crippen molar-refractivity contribution in [1.29, 1.82) is 0 Å². The Morgan fingerprint density at radius 2 is 1.71 bits per heavy atom. The fourth-order valence-corrected chi connectivity index (χ4v) is 2.01. The normalized spacial score (nSPS) is 11.2. The molecule has 2 rings (SSSR count). The maximum atomic E-state index is 12.7. The summed E-state index contributed by atoms with van der Waals surface area (Å²) in [7, 11) is 0. The molecule has 0 radical (unpaired) electrons. The highest BCUT2D eigenvalue weighted by Gasteiger charge is 2.32. The summed E-state index contributed by atoms with van der Waals surface area (Å²) in [4.78, 5) is 22.9. The van der Waals surface area contributed by atoms with E-state index in [0.717, 1.165) is 6.07 Å². The predicted octanol–water partition coefficient (Wildman–Crippen LogP) is 4.21. The molecule has 0 saturated heterocycles. The minimum absolute atomic E-state index is 0.244. The zero-order valence-corrected chi connectivity index (χ0v) is 12.7. The van der Waals surface area contributed by atoms with Gasteiger partial charge in [0.2, 0.25) is 0 Å². The number of rotatable bonds is 4. The topological polar surface area (TPSA) is 63.6 Å². The average molecular weight is 359 g/mol. The summed E-state index contributed by atoms with van der Waals surface area (Å²) in [5.41, 5.74) is -1.12. The maximum Gasteiger partial charge on any atom is 0.416 e. The van der Waals surface area contributed by atoms with Crippen molar-refractivity contribution in [1.82, 2.24) is 0 Å². The van der Waals surface area contributed by atoms with Crippen LogP contribution in [-0.2, 0) is 17.4 Å². The fraction of sp³-hybridized carbons (Fsp3) is 0.125. The Kier molecular flexibility index (Phi) is 5.14. The number of esters is 1. The lowest BCUT2D eigenvalue weighted by Gasteiger charge is -2.12. The molecule has 2 aromatic carbocycles. The number of hydrogen-bond donors (Lipinski definition) is 1. The highest BCUT2D eigenvalue weighted by atomic mass is 35.5. The van der Waals surface area contributed by atoms with Gasteiger partial charge in [0.15, 0.2) is 0 Å². The maximum absolute atomic E-state index is 12.7. The number of halogens is 4. The molecule has 0 aromatic heterocycles. The van der Waals surface area contributed by atoms with E-state index >= 15 is 0 Å². The second-order valence-corrected chi connectivity index (χ2v) is 5.23. The minimum Gasteiger partial charge on any atom is -0.478 e. The lowest BCUT2D eigenvalue weighted by molar-refractivity contribution is -0.139. The molecule has 0 atom stereocenters. The number of hydrogen-bond acceptors (Lipinski definition) is 3. The first kappa shape index (κ1) is 17.8. The lowest BCUT2D eigenvalue weighted by Crippen LogP contribution is -2.15. The van der Waals surface area contributed by atoms with Crippen LogP contribution in [0.25, 0.3) is 0 Å². The molecule has 8 heteroatoms. The molecule has 0 fully saturated rings. The summed E-state index contributed by atoms with van der Waals surface area (Å²) in [6, 6.07) is 8.02. The quantitative estimate of drug-likeness (QED) is 0.657. The van der Waals surface area contributed by atoms with E-state index in [1.54, 1.807) is 12.1 Å². The molecule has 0 unspecified atom stereocenters. The third-order valence-corrected chi connectivity index (χ3v) is 3.28. The van der Waals surface area contributed by atoms with Crippen molar-refractivity contribution in [3.8, 4) is 5.75 Å². The first-order valence-corrected chi connectivity index (χ1v) is 6.94. The molecule has 1 N–H and O–H groups in total. The summed E-state index contributed by atoms with van der Waals surface area (Å²) in [5, 5.41) is 9.46. The Morgan fingerprint density at radius 1 is 1.08 bits per heavy atom. The molecule has 0 aliphatic heterocycles. The van der Waals surface area contributed by atoms with Crippen molar-refractivity contribution in [2.24, 2.45) is 0 Å². The number of carboxylic acid groups (broad SMARTS) is 1. The van der Waals surface area contributed by atoms with Gasteiger partial charge in [0.05, 0.1) is 12.0 Å². The Balaban J connectivity index is 2.24. The lowest BCUT2D eigenvalue weighted by atomic mass is 10.1. The molecule has 0 bridgehead atoms. The van der Waals surface area contributed by atoms with Gasteiger partial charge in [0.25, 0.3) is 0 Å². The fourth-order valence-electron chi connectivity index (χ4n) is 1.89. The van der Waals surface area contributed by atoms with Crippen molar-refractivity contribution in [2.75, 3.05) is 0 Å². The molecule has 4 nitrogen and oxygen atoms in total. The van der Waals surface area contributed by atoms with Crippen LogP contribution in [0.1, 0.15) is 21.5 Å². The van der Waals surface area contributed by atoms with Crippen LogP contribution in [0.15, 0.2) is 42.5 Å². The Bertz CT molecular complexity index is 770. The van der Waals surface area contributed by atoms with Crippen molar-refractivity contribution >= 4 is 23.5 Å². The van der Waals surface area contributed by atoms with Crippen molar-refractivity contribution in [2.45, 2.75) is 12.6 Å². The molecule has 0 aliphatic rings.